The second kappa shape index (κ2) is 35.5. The number of aliphatic hydroxyl groups is 1. The van der Waals surface area contributed by atoms with Crippen LogP contribution in [0.3, 0.4) is 0 Å². The minimum absolute atomic E-state index is 0.171. The van der Waals surface area contributed by atoms with E-state index in [0.717, 1.165) is 38.5 Å². The Morgan fingerprint density at radius 2 is 0.696 bits per heavy atom. The molecule has 1 atom stereocenters. The standard InChI is InChI=1S/C39H76NO5P/c1-3-5-7-9-11-13-15-17-19-21-23-25-27-29-31-33-37(42)46(40-36(35-41)39(44)45)38(43)34-32-30-28-26-24-22-20-18-16-14-12-10-8-6-4-2/h36,40-41H,3-35H2,1-2H3,(H,44,45). The molecule has 0 aliphatic rings. The molecule has 0 bridgehead atoms. The number of rotatable bonds is 38. The first-order valence-corrected chi connectivity index (χ1v) is 21.3. The summed E-state index contributed by atoms with van der Waals surface area (Å²) >= 11 is 0. The highest BCUT2D eigenvalue weighted by atomic mass is 31.1. The topological polar surface area (TPSA) is 104 Å². The molecule has 0 rings (SSSR count). The number of carboxylic acid groups (broad SMARTS) is 1. The van der Waals surface area contributed by atoms with Crippen LogP contribution in [0.15, 0.2) is 0 Å². The summed E-state index contributed by atoms with van der Waals surface area (Å²) < 4.78 is 0. The Labute approximate surface area is 286 Å². The van der Waals surface area contributed by atoms with Crippen molar-refractivity contribution in [3.63, 3.8) is 0 Å². The van der Waals surface area contributed by atoms with E-state index in [1.165, 1.54) is 154 Å². The fourth-order valence-corrected chi connectivity index (χ4v) is 7.97. The largest absolute Gasteiger partial charge is 0.480 e. The van der Waals surface area contributed by atoms with Crippen molar-refractivity contribution in [2.75, 3.05) is 6.61 Å². The fraction of sp³-hybridized carbons (Fsp3) is 0.923. The lowest BCUT2D eigenvalue weighted by Crippen LogP contribution is -2.39. The molecule has 7 heteroatoms. The van der Waals surface area contributed by atoms with E-state index in [2.05, 4.69) is 18.9 Å². The summed E-state index contributed by atoms with van der Waals surface area (Å²) in [6, 6.07) is -1.28. The van der Waals surface area contributed by atoms with Gasteiger partial charge in [0.2, 0.25) is 0 Å². The molecule has 272 valence electrons. The van der Waals surface area contributed by atoms with Crippen molar-refractivity contribution < 1.29 is 24.6 Å². The number of aliphatic hydroxyl groups excluding tert-OH is 1. The van der Waals surface area contributed by atoms with Crippen LogP contribution < -0.4 is 5.09 Å². The summed E-state index contributed by atoms with van der Waals surface area (Å²) in [5.41, 5.74) is -0.342. The summed E-state index contributed by atoms with van der Waals surface area (Å²) in [6.07, 6.45) is 38.1. The molecule has 0 aliphatic heterocycles. The van der Waals surface area contributed by atoms with Gasteiger partial charge in [0, 0.05) is 12.8 Å². The smallest absolute Gasteiger partial charge is 0.323 e. The maximum atomic E-state index is 13.0. The van der Waals surface area contributed by atoms with E-state index in [4.69, 9.17) is 0 Å². The first-order valence-electron chi connectivity index (χ1n) is 19.9. The Morgan fingerprint density at radius 3 is 0.913 bits per heavy atom. The normalized spacial score (nSPS) is 12.2. The van der Waals surface area contributed by atoms with Crippen molar-refractivity contribution in [2.45, 2.75) is 225 Å². The average Bonchev–Trinajstić information content (AvgIpc) is 3.04. The predicted molar refractivity (Wildman–Crippen MR) is 198 cm³/mol. The molecule has 0 amide bonds. The molecular weight excluding hydrogens is 593 g/mol. The summed E-state index contributed by atoms with van der Waals surface area (Å²) in [5.74, 6) is -1.23. The molecule has 3 N–H and O–H groups in total. The lowest BCUT2D eigenvalue weighted by molar-refractivity contribution is -0.139. The SMILES string of the molecule is CCCCCCCCCCCCCCCCCC(=O)P(NC(CO)C(=O)O)C(=O)CCCCCCCCCCCCCCCCC. The molecule has 6 nitrogen and oxygen atoms in total. The van der Waals surface area contributed by atoms with E-state index < -0.39 is 26.7 Å². The Morgan fingerprint density at radius 1 is 0.457 bits per heavy atom. The number of nitrogens with one attached hydrogen (secondary N) is 1. The van der Waals surface area contributed by atoms with Gasteiger partial charge in [0.25, 0.3) is 0 Å². The van der Waals surface area contributed by atoms with Gasteiger partial charge in [-0.25, -0.2) is 0 Å². The van der Waals surface area contributed by atoms with Crippen LogP contribution in [0.4, 0.5) is 0 Å². The van der Waals surface area contributed by atoms with E-state index in [1.54, 1.807) is 0 Å². The van der Waals surface area contributed by atoms with Gasteiger partial charge < -0.3 is 10.2 Å². The number of hydrogen-bond acceptors (Lipinski definition) is 5. The number of hydrogen-bond donors (Lipinski definition) is 3. The van der Waals surface area contributed by atoms with E-state index in [9.17, 15) is 24.6 Å². The van der Waals surface area contributed by atoms with Crippen LogP contribution in [0, 0.1) is 0 Å². The summed E-state index contributed by atoms with van der Waals surface area (Å²) in [5, 5.41) is 21.6. The zero-order valence-electron chi connectivity index (χ0n) is 30.5. The van der Waals surface area contributed by atoms with Gasteiger partial charge >= 0.3 is 5.97 Å². The fourth-order valence-electron chi connectivity index (χ4n) is 6.13. The van der Waals surface area contributed by atoms with Crippen molar-refractivity contribution in [2.24, 2.45) is 0 Å². The molecule has 1 unspecified atom stereocenters. The molecule has 0 aliphatic carbocycles. The molecule has 46 heavy (non-hydrogen) atoms. The molecule has 0 fully saturated rings. The van der Waals surface area contributed by atoms with Gasteiger partial charge in [-0.3, -0.25) is 19.5 Å². The van der Waals surface area contributed by atoms with Crippen LogP contribution in [0.1, 0.15) is 219 Å². The third kappa shape index (κ3) is 29.3. The lowest BCUT2D eigenvalue weighted by Gasteiger charge is -2.20. The minimum Gasteiger partial charge on any atom is -0.480 e. The van der Waals surface area contributed by atoms with Gasteiger partial charge in [-0.1, -0.05) is 194 Å². The van der Waals surface area contributed by atoms with Crippen LogP contribution >= 0.6 is 8.07 Å². The van der Waals surface area contributed by atoms with Crippen LogP contribution in [0.25, 0.3) is 0 Å². The third-order valence-corrected chi connectivity index (χ3v) is 11.3. The van der Waals surface area contributed by atoms with E-state index in [-0.39, 0.29) is 11.0 Å². The van der Waals surface area contributed by atoms with Crippen LogP contribution in [-0.2, 0) is 14.4 Å². The zero-order valence-corrected chi connectivity index (χ0v) is 31.4. The highest BCUT2D eigenvalue weighted by Crippen LogP contribution is 2.38. The summed E-state index contributed by atoms with van der Waals surface area (Å²) in [6.45, 7) is 3.89. The Bertz CT molecular complexity index is 658. The van der Waals surface area contributed by atoms with Gasteiger partial charge in [0.05, 0.1) is 6.61 Å². The maximum absolute atomic E-state index is 13.0. The van der Waals surface area contributed by atoms with Crippen molar-refractivity contribution in [3.8, 4) is 0 Å². The van der Waals surface area contributed by atoms with Crippen LogP contribution in [0.2, 0.25) is 0 Å². The first kappa shape index (κ1) is 45.2. The number of carbonyl (C=O) groups is 3. The second-order valence-electron chi connectivity index (χ2n) is 13.7. The first-order chi connectivity index (χ1) is 22.5. The molecular formula is C39H76NO5P. The summed E-state index contributed by atoms with van der Waals surface area (Å²) in [4.78, 5) is 37.5. The van der Waals surface area contributed by atoms with Crippen molar-refractivity contribution in [1.29, 1.82) is 0 Å². The van der Waals surface area contributed by atoms with Gasteiger partial charge in [0.15, 0.2) is 11.0 Å². The van der Waals surface area contributed by atoms with Crippen molar-refractivity contribution in [1.82, 2.24) is 5.09 Å². The third-order valence-electron chi connectivity index (χ3n) is 9.25. The maximum Gasteiger partial charge on any atom is 0.323 e. The summed E-state index contributed by atoms with van der Waals surface area (Å²) in [7, 11) is -1.91. The number of unbranched alkanes of at least 4 members (excludes halogenated alkanes) is 28. The Hall–Kier alpha value is -0.840. The lowest BCUT2D eigenvalue weighted by atomic mass is 10.0. The highest BCUT2D eigenvalue weighted by Gasteiger charge is 2.30. The molecule has 0 saturated heterocycles. The van der Waals surface area contributed by atoms with E-state index in [0.29, 0.717) is 12.8 Å². The van der Waals surface area contributed by atoms with Crippen LogP contribution in [0.5, 0.6) is 0 Å². The van der Waals surface area contributed by atoms with Gasteiger partial charge in [-0.15, -0.1) is 0 Å². The highest BCUT2D eigenvalue weighted by molar-refractivity contribution is 7.87. The molecule has 0 spiro atoms. The van der Waals surface area contributed by atoms with Gasteiger partial charge in [-0.05, 0) is 12.8 Å². The molecule has 0 heterocycles. The average molecular weight is 670 g/mol. The van der Waals surface area contributed by atoms with Gasteiger partial charge in [0.1, 0.15) is 14.1 Å². The van der Waals surface area contributed by atoms with Crippen LogP contribution in [-0.4, -0.2) is 39.9 Å². The Balaban J connectivity index is 4.06. The quantitative estimate of drug-likeness (QED) is 0.0446. The molecule has 0 aromatic heterocycles. The molecule has 0 aromatic carbocycles. The minimum atomic E-state index is -1.91. The predicted octanol–water partition coefficient (Wildman–Crippen LogP) is 12.0. The number of carbonyl (C=O) groups excluding carboxylic acids is 2. The van der Waals surface area contributed by atoms with Gasteiger partial charge in [-0.2, -0.15) is 0 Å². The number of carboxylic acids is 1. The molecule has 0 radical (unpaired) electrons. The van der Waals surface area contributed by atoms with Crippen molar-refractivity contribution in [3.05, 3.63) is 0 Å². The zero-order chi connectivity index (χ0) is 33.9. The van der Waals surface area contributed by atoms with E-state index >= 15 is 0 Å². The van der Waals surface area contributed by atoms with Crippen molar-refractivity contribution >= 4 is 25.1 Å². The Kier molecular flexibility index (Phi) is 34.8. The van der Waals surface area contributed by atoms with E-state index in [1.807, 2.05) is 0 Å². The number of aliphatic carboxylic acids is 1. The monoisotopic (exact) mass is 670 g/mol. The molecule has 0 aromatic rings. The second-order valence-corrected chi connectivity index (χ2v) is 15.7. The molecule has 0 saturated carbocycles.